The average Bonchev–Trinajstić information content (AvgIpc) is 3.25. The van der Waals surface area contributed by atoms with Crippen molar-refractivity contribution >= 4 is 5.91 Å². The molecule has 1 fully saturated rings. The van der Waals surface area contributed by atoms with Crippen LogP contribution in [-0.2, 0) is 11.2 Å². The smallest absolute Gasteiger partial charge is 0.257 e. The molecule has 0 aliphatic carbocycles. The molecule has 8 heteroatoms. The maximum absolute atomic E-state index is 13.4. The molecule has 6 nitrogen and oxygen atoms in total. The van der Waals surface area contributed by atoms with Crippen LogP contribution in [-0.4, -0.2) is 46.7 Å². The van der Waals surface area contributed by atoms with E-state index in [2.05, 4.69) is 10.1 Å². The van der Waals surface area contributed by atoms with E-state index in [0.29, 0.717) is 37.8 Å². The van der Waals surface area contributed by atoms with Gasteiger partial charge in [0.05, 0.1) is 12.7 Å². The van der Waals surface area contributed by atoms with Gasteiger partial charge in [0, 0.05) is 30.6 Å². The minimum absolute atomic E-state index is 0.131. The van der Waals surface area contributed by atoms with Crippen molar-refractivity contribution in [2.45, 2.75) is 25.4 Å². The summed E-state index contributed by atoms with van der Waals surface area (Å²) in [7, 11) is 0. The number of carbonyl (C=O) groups excluding carboxylic acids is 1. The lowest BCUT2D eigenvalue weighted by Crippen LogP contribution is -2.43. The Kier molecular flexibility index (Phi) is 6.13. The standard InChI is InChI=1S/C22H21F2N3O3/c23-18-9-8-16(13-19(18)24)22(28)27-11-4-7-17(14-27)29-12-10-20-25-21(30-26-20)15-5-2-1-3-6-15/h1-3,5-6,8-9,13,17H,4,7,10-12,14H2. The number of carbonyl (C=O) groups is 1. The summed E-state index contributed by atoms with van der Waals surface area (Å²) >= 11 is 0. The molecule has 0 radical (unpaired) electrons. The summed E-state index contributed by atoms with van der Waals surface area (Å²) in [5.41, 5.74) is 0.991. The van der Waals surface area contributed by atoms with Crippen molar-refractivity contribution < 1.29 is 22.8 Å². The van der Waals surface area contributed by atoms with E-state index in [-0.39, 0.29) is 17.6 Å². The van der Waals surface area contributed by atoms with E-state index in [1.807, 2.05) is 30.3 Å². The van der Waals surface area contributed by atoms with Crippen LogP contribution >= 0.6 is 0 Å². The van der Waals surface area contributed by atoms with Gasteiger partial charge in [0.25, 0.3) is 11.8 Å². The third-order valence-electron chi connectivity index (χ3n) is 5.00. The van der Waals surface area contributed by atoms with Gasteiger partial charge in [-0.1, -0.05) is 23.4 Å². The van der Waals surface area contributed by atoms with Crippen LogP contribution in [0.25, 0.3) is 11.5 Å². The lowest BCUT2D eigenvalue weighted by molar-refractivity contribution is 0.00249. The second-order valence-electron chi connectivity index (χ2n) is 7.15. The molecule has 3 aromatic rings. The number of nitrogens with zero attached hydrogens (tertiary/aromatic N) is 3. The van der Waals surface area contributed by atoms with E-state index in [1.165, 1.54) is 6.07 Å². The molecule has 4 rings (SSSR count). The Hall–Kier alpha value is -3.13. The molecule has 1 unspecified atom stereocenters. The van der Waals surface area contributed by atoms with E-state index in [0.717, 1.165) is 30.5 Å². The molecule has 2 heterocycles. The lowest BCUT2D eigenvalue weighted by Gasteiger charge is -2.32. The van der Waals surface area contributed by atoms with Gasteiger partial charge < -0.3 is 14.2 Å². The van der Waals surface area contributed by atoms with E-state index in [1.54, 1.807) is 4.90 Å². The Balaban J connectivity index is 1.29. The van der Waals surface area contributed by atoms with Crippen LogP contribution in [0.15, 0.2) is 53.1 Å². The number of aromatic nitrogens is 2. The van der Waals surface area contributed by atoms with E-state index < -0.39 is 11.6 Å². The summed E-state index contributed by atoms with van der Waals surface area (Å²) in [6.45, 7) is 1.36. The Morgan fingerprint density at radius 2 is 2.00 bits per heavy atom. The molecule has 1 atom stereocenters. The van der Waals surface area contributed by atoms with E-state index in [4.69, 9.17) is 9.26 Å². The number of rotatable bonds is 6. The molecule has 1 aliphatic heterocycles. The second kappa shape index (κ2) is 9.13. The Morgan fingerprint density at radius 1 is 1.17 bits per heavy atom. The van der Waals surface area contributed by atoms with Crippen LogP contribution < -0.4 is 0 Å². The summed E-state index contributed by atoms with van der Waals surface area (Å²) in [5, 5.41) is 3.98. The van der Waals surface area contributed by atoms with E-state index >= 15 is 0 Å². The number of piperidine rings is 1. The highest BCUT2D eigenvalue weighted by Gasteiger charge is 2.25. The zero-order valence-electron chi connectivity index (χ0n) is 16.3. The molecule has 1 saturated heterocycles. The van der Waals surface area contributed by atoms with Gasteiger partial charge in [-0.15, -0.1) is 0 Å². The number of ether oxygens (including phenoxy) is 1. The van der Waals surface area contributed by atoms with Crippen LogP contribution in [0.2, 0.25) is 0 Å². The van der Waals surface area contributed by atoms with Crippen molar-refractivity contribution in [1.29, 1.82) is 0 Å². The average molecular weight is 413 g/mol. The largest absolute Gasteiger partial charge is 0.376 e. The predicted octanol–water partition coefficient (Wildman–Crippen LogP) is 3.88. The Labute approximate surface area is 172 Å². The quantitative estimate of drug-likeness (QED) is 0.614. The van der Waals surface area contributed by atoms with Crippen molar-refractivity contribution in [3.05, 3.63) is 71.6 Å². The first-order valence-electron chi connectivity index (χ1n) is 9.84. The Morgan fingerprint density at radius 3 is 2.80 bits per heavy atom. The number of benzene rings is 2. The summed E-state index contributed by atoms with van der Waals surface area (Å²) in [6.07, 6.45) is 1.96. The number of likely N-dealkylation sites (tertiary alicyclic amines) is 1. The SMILES string of the molecule is O=C(c1ccc(F)c(F)c1)N1CCCC(OCCc2noc(-c3ccccc3)n2)C1. The molecule has 1 amide bonds. The van der Waals surface area contributed by atoms with Gasteiger partial charge in [-0.25, -0.2) is 8.78 Å². The molecule has 1 aromatic heterocycles. The summed E-state index contributed by atoms with van der Waals surface area (Å²) in [5.74, 6) is -1.30. The molecule has 156 valence electrons. The third kappa shape index (κ3) is 4.71. The molecule has 0 spiro atoms. The number of halogens is 2. The third-order valence-corrected chi connectivity index (χ3v) is 5.00. The molecule has 0 N–H and O–H groups in total. The van der Waals surface area contributed by atoms with Crippen molar-refractivity contribution in [1.82, 2.24) is 15.0 Å². The summed E-state index contributed by atoms with van der Waals surface area (Å²) in [6, 6.07) is 12.7. The normalized spacial score (nSPS) is 16.6. The molecule has 1 aliphatic rings. The van der Waals surface area contributed by atoms with Gasteiger partial charge in [0.1, 0.15) is 0 Å². The summed E-state index contributed by atoms with van der Waals surface area (Å²) in [4.78, 5) is 18.6. The fourth-order valence-corrected chi connectivity index (χ4v) is 3.44. The van der Waals surface area contributed by atoms with Gasteiger partial charge in [-0.05, 0) is 43.2 Å². The van der Waals surface area contributed by atoms with Gasteiger partial charge in [0.2, 0.25) is 0 Å². The van der Waals surface area contributed by atoms with Gasteiger partial charge in [0.15, 0.2) is 17.5 Å². The first-order valence-corrected chi connectivity index (χ1v) is 9.84. The highest BCUT2D eigenvalue weighted by molar-refractivity contribution is 5.94. The predicted molar refractivity (Wildman–Crippen MR) is 105 cm³/mol. The van der Waals surface area contributed by atoms with Crippen LogP contribution in [0.4, 0.5) is 8.78 Å². The van der Waals surface area contributed by atoms with E-state index in [9.17, 15) is 13.6 Å². The van der Waals surface area contributed by atoms with Gasteiger partial charge >= 0.3 is 0 Å². The number of hydrogen-bond acceptors (Lipinski definition) is 5. The first kappa shape index (κ1) is 20.2. The highest BCUT2D eigenvalue weighted by atomic mass is 19.2. The molecule has 0 saturated carbocycles. The zero-order valence-corrected chi connectivity index (χ0v) is 16.3. The van der Waals surface area contributed by atoms with Gasteiger partial charge in [-0.3, -0.25) is 4.79 Å². The van der Waals surface area contributed by atoms with Crippen LogP contribution in [0, 0.1) is 11.6 Å². The fraction of sp³-hybridized carbons (Fsp3) is 0.318. The molecular weight excluding hydrogens is 392 g/mol. The fourth-order valence-electron chi connectivity index (χ4n) is 3.44. The van der Waals surface area contributed by atoms with Crippen molar-refractivity contribution in [2.24, 2.45) is 0 Å². The first-order chi connectivity index (χ1) is 14.6. The van der Waals surface area contributed by atoms with Crippen LogP contribution in [0.3, 0.4) is 0 Å². The van der Waals surface area contributed by atoms with Crippen molar-refractivity contribution in [2.75, 3.05) is 19.7 Å². The number of hydrogen-bond donors (Lipinski definition) is 0. The van der Waals surface area contributed by atoms with Gasteiger partial charge in [-0.2, -0.15) is 4.98 Å². The number of amides is 1. The minimum Gasteiger partial charge on any atom is -0.376 e. The maximum atomic E-state index is 13.4. The zero-order chi connectivity index (χ0) is 20.9. The molecule has 2 aromatic carbocycles. The van der Waals surface area contributed by atoms with Crippen molar-refractivity contribution in [3.63, 3.8) is 0 Å². The van der Waals surface area contributed by atoms with Crippen molar-refractivity contribution in [3.8, 4) is 11.5 Å². The van der Waals surface area contributed by atoms with Crippen LogP contribution in [0.1, 0.15) is 29.0 Å². The molecule has 0 bridgehead atoms. The molecular formula is C22H21F2N3O3. The summed E-state index contributed by atoms with van der Waals surface area (Å²) < 4.78 is 37.7. The topological polar surface area (TPSA) is 68.5 Å². The Bertz CT molecular complexity index is 1010. The second-order valence-corrected chi connectivity index (χ2v) is 7.15. The maximum Gasteiger partial charge on any atom is 0.257 e. The highest BCUT2D eigenvalue weighted by Crippen LogP contribution is 2.19. The van der Waals surface area contributed by atoms with Crippen LogP contribution in [0.5, 0.6) is 0 Å². The monoisotopic (exact) mass is 413 g/mol. The minimum atomic E-state index is -1.03. The molecule has 30 heavy (non-hydrogen) atoms. The lowest BCUT2D eigenvalue weighted by atomic mass is 10.1.